The van der Waals surface area contributed by atoms with Gasteiger partial charge in [-0.1, -0.05) is 0 Å². The number of aromatic nitrogens is 2. The summed E-state index contributed by atoms with van der Waals surface area (Å²) in [4.78, 5) is 22.5. The number of amides is 1. The van der Waals surface area contributed by atoms with Crippen LogP contribution in [0.15, 0.2) is 18.2 Å². The molecular formula is C19H26N4O3. The third-order valence-corrected chi connectivity index (χ3v) is 5.52. The minimum absolute atomic E-state index is 0.0932. The number of benzene rings is 1. The van der Waals surface area contributed by atoms with E-state index in [-0.39, 0.29) is 18.0 Å². The number of carbonyl (C=O) groups is 1. The predicted molar refractivity (Wildman–Crippen MR) is 98.1 cm³/mol. The van der Waals surface area contributed by atoms with E-state index in [2.05, 4.69) is 20.2 Å². The topological polar surface area (TPSA) is 90.5 Å². The predicted octanol–water partition coefficient (Wildman–Crippen LogP) is 1.22. The molecule has 1 saturated heterocycles. The molecule has 3 N–H and O–H groups in total. The van der Waals surface area contributed by atoms with Crippen LogP contribution >= 0.6 is 0 Å². The Morgan fingerprint density at radius 1 is 1.35 bits per heavy atom. The van der Waals surface area contributed by atoms with Gasteiger partial charge in [-0.15, -0.1) is 0 Å². The molecular weight excluding hydrogens is 332 g/mol. The van der Waals surface area contributed by atoms with E-state index in [1.165, 1.54) is 0 Å². The van der Waals surface area contributed by atoms with Crippen molar-refractivity contribution in [2.45, 2.75) is 44.4 Å². The van der Waals surface area contributed by atoms with Gasteiger partial charge in [0.25, 0.3) is 5.91 Å². The number of aromatic amines is 1. The summed E-state index contributed by atoms with van der Waals surface area (Å²) in [6.07, 6.45) is 2.22. The van der Waals surface area contributed by atoms with E-state index in [0.717, 1.165) is 49.2 Å². The molecule has 2 aliphatic rings. The van der Waals surface area contributed by atoms with Gasteiger partial charge in [0.15, 0.2) is 0 Å². The lowest BCUT2D eigenvalue weighted by Gasteiger charge is -2.43. The number of hydrogen-bond donors (Lipinski definition) is 3. The van der Waals surface area contributed by atoms with E-state index in [1.54, 1.807) is 6.07 Å². The van der Waals surface area contributed by atoms with Crippen LogP contribution in [-0.4, -0.2) is 70.4 Å². The summed E-state index contributed by atoms with van der Waals surface area (Å²) in [6.45, 7) is 5.01. The van der Waals surface area contributed by atoms with Crippen molar-refractivity contribution in [1.82, 2.24) is 20.2 Å². The number of carbonyl (C=O) groups excluding carboxylic acids is 1. The maximum Gasteiger partial charge on any atom is 0.251 e. The molecule has 1 aliphatic carbocycles. The summed E-state index contributed by atoms with van der Waals surface area (Å²) in [5.41, 5.74) is 2.29. The number of imidazole rings is 1. The second-order valence-electron chi connectivity index (χ2n) is 7.27. The fourth-order valence-corrected chi connectivity index (χ4v) is 4.15. The normalized spacial score (nSPS) is 27.5. The summed E-state index contributed by atoms with van der Waals surface area (Å²) in [5, 5.41) is 13.9. The first-order valence-corrected chi connectivity index (χ1v) is 9.39. The van der Waals surface area contributed by atoms with E-state index >= 15 is 0 Å². The Labute approximate surface area is 152 Å². The second-order valence-corrected chi connectivity index (χ2v) is 7.27. The number of hydrogen-bond acceptors (Lipinski definition) is 5. The van der Waals surface area contributed by atoms with Gasteiger partial charge in [0.05, 0.1) is 36.4 Å². The summed E-state index contributed by atoms with van der Waals surface area (Å²) in [7, 11) is 0. The zero-order chi connectivity index (χ0) is 18.1. The average molecular weight is 358 g/mol. The molecule has 1 aromatic carbocycles. The lowest BCUT2D eigenvalue weighted by Crippen LogP contribution is -2.58. The largest absolute Gasteiger partial charge is 0.389 e. The molecule has 2 aromatic rings. The molecule has 0 unspecified atom stereocenters. The highest BCUT2D eigenvalue weighted by Crippen LogP contribution is 2.25. The molecule has 0 spiro atoms. The Bertz CT molecular complexity index is 784. The minimum atomic E-state index is -0.552. The van der Waals surface area contributed by atoms with Crippen LogP contribution in [0.25, 0.3) is 11.0 Å². The quantitative estimate of drug-likeness (QED) is 0.767. The van der Waals surface area contributed by atoms with Crippen LogP contribution in [-0.2, 0) is 4.74 Å². The van der Waals surface area contributed by atoms with Gasteiger partial charge >= 0.3 is 0 Å². The minimum Gasteiger partial charge on any atom is -0.389 e. The van der Waals surface area contributed by atoms with Crippen LogP contribution in [0.4, 0.5) is 0 Å². The number of aliphatic hydroxyl groups excluding tert-OH is 1. The first-order chi connectivity index (χ1) is 12.6. The number of morpholine rings is 1. The number of aliphatic hydroxyl groups is 1. The molecule has 4 rings (SSSR count). The molecule has 0 radical (unpaired) electrons. The van der Waals surface area contributed by atoms with Gasteiger partial charge < -0.3 is 20.1 Å². The van der Waals surface area contributed by atoms with Gasteiger partial charge in [-0.2, -0.15) is 0 Å². The maximum absolute atomic E-state index is 12.7. The fourth-order valence-electron chi connectivity index (χ4n) is 4.15. The number of H-pyrrole nitrogens is 1. The first kappa shape index (κ1) is 17.5. The molecule has 2 heterocycles. The van der Waals surface area contributed by atoms with Crippen molar-refractivity contribution >= 4 is 16.9 Å². The van der Waals surface area contributed by atoms with Crippen LogP contribution in [0.2, 0.25) is 0 Å². The van der Waals surface area contributed by atoms with Crippen molar-refractivity contribution in [2.24, 2.45) is 0 Å². The maximum atomic E-state index is 12.7. The van der Waals surface area contributed by atoms with Crippen molar-refractivity contribution in [3.63, 3.8) is 0 Å². The lowest BCUT2D eigenvalue weighted by molar-refractivity contribution is -0.0459. The smallest absolute Gasteiger partial charge is 0.251 e. The Hall–Kier alpha value is -1.96. The van der Waals surface area contributed by atoms with Crippen LogP contribution in [0.3, 0.4) is 0 Å². The number of ether oxygens (including phenoxy) is 1. The van der Waals surface area contributed by atoms with Gasteiger partial charge in [0.1, 0.15) is 5.82 Å². The zero-order valence-corrected chi connectivity index (χ0v) is 15.1. The molecule has 1 aromatic heterocycles. The van der Waals surface area contributed by atoms with Crippen molar-refractivity contribution in [3.05, 3.63) is 29.6 Å². The van der Waals surface area contributed by atoms with Crippen molar-refractivity contribution in [3.8, 4) is 0 Å². The van der Waals surface area contributed by atoms with Gasteiger partial charge in [-0.3, -0.25) is 9.69 Å². The number of aryl methyl sites for hydroxylation is 1. The molecule has 140 valence electrons. The van der Waals surface area contributed by atoms with Gasteiger partial charge in [0, 0.05) is 24.7 Å². The third kappa shape index (κ3) is 3.47. The number of fused-ring (bicyclic) bond motifs is 1. The third-order valence-electron chi connectivity index (χ3n) is 5.52. The van der Waals surface area contributed by atoms with Crippen molar-refractivity contribution < 1.29 is 14.6 Å². The number of rotatable bonds is 3. The molecule has 2 fully saturated rings. The Kier molecular flexibility index (Phi) is 4.93. The van der Waals surface area contributed by atoms with Gasteiger partial charge in [0.2, 0.25) is 0 Å². The summed E-state index contributed by atoms with van der Waals surface area (Å²) in [5.74, 6) is 0.680. The summed E-state index contributed by atoms with van der Waals surface area (Å²) >= 11 is 0. The molecule has 7 heteroatoms. The standard InChI is InChI=1S/C19H26N4O3/c1-12-20-14-6-5-13(11-16(14)21-12)19(25)22-15-3-2-4-17(18(15)24)23-7-9-26-10-8-23/h5-6,11,15,17-18,24H,2-4,7-10H2,1H3,(H,20,21)(H,22,25)/t15-,17-,18-/m1/s1. The van der Waals surface area contributed by atoms with Gasteiger partial charge in [-0.25, -0.2) is 4.98 Å². The van der Waals surface area contributed by atoms with E-state index in [1.807, 2.05) is 19.1 Å². The monoisotopic (exact) mass is 358 g/mol. The number of nitrogens with one attached hydrogen (secondary N) is 2. The molecule has 1 aliphatic heterocycles. The first-order valence-electron chi connectivity index (χ1n) is 9.39. The Morgan fingerprint density at radius 2 is 2.15 bits per heavy atom. The van der Waals surface area contributed by atoms with Crippen LogP contribution in [0, 0.1) is 6.92 Å². The second kappa shape index (κ2) is 7.34. The van der Waals surface area contributed by atoms with E-state index < -0.39 is 6.10 Å². The lowest BCUT2D eigenvalue weighted by atomic mass is 9.86. The Morgan fingerprint density at radius 3 is 2.96 bits per heavy atom. The summed E-state index contributed by atoms with van der Waals surface area (Å²) < 4.78 is 5.41. The SMILES string of the molecule is Cc1nc2ccc(C(=O)N[C@@H]3CCC[C@@H](N4CCOCC4)[C@@H]3O)cc2[nH]1. The molecule has 0 bridgehead atoms. The number of nitrogens with zero attached hydrogens (tertiary/aromatic N) is 2. The van der Waals surface area contributed by atoms with Crippen molar-refractivity contribution in [1.29, 1.82) is 0 Å². The van der Waals surface area contributed by atoms with Crippen LogP contribution < -0.4 is 5.32 Å². The molecule has 3 atom stereocenters. The Balaban J connectivity index is 1.45. The highest BCUT2D eigenvalue weighted by atomic mass is 16.5. The highest BCUT2D eigenvalue weighted by molar-refractivity contribution is 5.97. The molecule has 26 heavy (non-hydrogen) atoms. The highest BCUT2D eigenvalue weighted by Gasteiger charge is 2.36. The molecule has 1 amide bonds. The van der Waals surface area contributed by atoms with E-state index in [0.29, 0.717) is 18.8 Å². The fraction of sp³-hybridized carbons (Fsp3) is 0.579. The molecule has 1 saturated carbocycles. The van der Waals surface area contributed by atoms with Crippen molar-refractivity contribution in [2.75, 3.05) is 26.3 Å². The summed E-state index contributed by atoms with van der Waals surface area (Å²) in [6, 6.07) is 5.33. The molecule has 7 nitrogen and oxygen atoms in total. The van der Waals surface area contributed by atoms with Crippen LogP contribution in [0.5, 0.6) is 0 Å². The van der Waals surface area contributed by atoms with E-state index in [9.17, 15) is 9.90 Å². The average Bonchev–Trinajstić information content (AvgIpc) is 3.03. The zero-order valence-electron chi connectivity index (χ0n) is 15.1. The van der Waals surface area contributed by atoms with Gasteiger partial charge in [-0.05, 0) is 44.4 Å². The van der Waals surface area contributed by atoms with E-state index in [4.69, 9.17) is 4.74 Å². The van der Waals surface area contributed by atoms with Crippen LogP contribution in [0.1, 0.15) is 35.4 Å².